The molecule has 1 atom stereocenters. The molecule has 164 valence electrons. The lowest BCUT2D eigenvalue weighted by atomic mass is 10.1. The van der Waals surface area contributed by atoms with E-state index in [2.05, 4.69) is 15.4 Å². The van der Waals surface area contributed by atoms with Gasteiger partial charge >= 0.3 is 0 Å². The zero-order valence-electron chi connectivity index (χ0n) is 17.8. The minimum atomic E-state index is -0.0987. The topological polar surface area (TPSA) is 80.7 Å². The number of aromatic nitrogens is 1. The van der Waals surface area contributed by atoms with Crippen LogP contribution in [0.15, 0.2) is 56.3 Å². The average Bonchev–Trinajstić information content (AvgIpc) is 3.41. The molecule has 2 aromatic heterocycles. The van der Waals surface area contributed by atoms with Gasteiger partial charge in [-0.2, -0.15) is 0 Å². The molecule has 0 aliphatic carbocycles. The number of ether oxygens (including phenoxy) is 1. The molecule has 0 bridgehead atoms. The molecule has 1 amide bonds. The number of nitrogens with zero attached hydrogens (tertiary/aromatic N) is 2. The van der Waals surface area contributed by atoms with Crippen LogP contribution in [-0.2, 0) is 10.5 Å². The molecule has 1 aliphatic rings. The maximum atomic E-state index is 13.1. The second-order valence-electron chi connectivity index (χ2n) is 7.54. The van der Waals surface area contributed by atoms with Crippen molar-refractivity contribution >= 4 is 17.7 Å². The van der Waals surface area contributed by atoms with Gasteiger partial charge < -0.3 is 19.0 Å². The van der Waals surface area contributed by atoms with E-state index in [9.17, 15) is 4.79 Å². The Labute approximate surface area is 186 Å². The second kappa shape index (κ2) is 10.2. The molecule has 1 aromatic carbocycles. The number of hydrogen-bond donors (Lipinski definition) is 1. The summed E-state index contributed by atoms with van der Waals surface area (Å²) < 4.78 is 16.7. The van der Waals surface area contributed by atoms with E-state index < -0.39 is 0 Å². The molecular formula is C23H27N3O4S. The van der Waals surface area contributed by atoms with Crippen LogP contribution in [0.25, 0.3) is 0 Å². The van der Waals surface area contributed by atoms with Crippen LogP contribution in [0.1, 0.15) is 39.4 Å². The molecule has 1 N–H and O–H groups in total. The molecule has 0 spiro atoms. The van der Waals surface area contributed by atoms with Gasteiger partial charge in [0.1, 0.15) is 17.3 Å². The summed E-state index contributed by atoms with van der Waals surface area (Å²) in [5.74, 6) is 3.04. The van der Waals surface area contributed by atoms with Gasteiger partial charge in [-0.3, -0.25) is 9.69 Å². The summed E-state index contributed by atoms with van der Waals surface area (Å²) in [6.45, 7) is 7.28. The zero-order chi connectivity index (χ0) is 21.6. The van der Waals surface area contributed by atoms with Crippen molar-refractivity contribution in [3.8, 4) is 0 Å². The minimum Gasteiger partial charge on any atom is -0.465 e. The van der Waals surface area contributed by atoms with Crippen molar-refractivity contribution in [2.75, 3.05) is 32.8 Å². The summed E-state index contributed by atoms with van der Waals surface area (Å²) in [5.41, 5.74) is 1.50. The smallest absolute Gasteiger partial charge is 0.252 e. The Bertz CT molecular complexity index is 1010. The number of nitrogens with one attached hydrogen (secondary N) is 1. The Hall–Kier alpha value is -2.55. The number of rotatable bonds is 8. The molecular weight excluding hydrogens is 414 g/mol. The normalized spacial score (nSPS) is 15.7. The molecule has 4 rings (SSSR count). The molecule has 3 heterocycles. The van der Waals surface area contributed by atoms with E-state index in [1.54, 1.807) is 11.8 Å². The van der Waals surface area contributed by atoms with Crippen molar-refractivity contribution in [2.45, 2.75) is 30.5 Å². The number of thioether (sulfide) groups is 1. The Morgan fingerprint density at radius 1 is 1.19 bits per heavy atom. The van der Waals surface area contributed by atoms with Crippen LogP contribution in [-0.4, -0.2) is 48.8 Å². The Kier molecular flexibility index (Phi) is 7.11. The first-order chi connectivity index (χ1) is 15.1. The van der Waals surface area contributed by atoms with Crippen molar-refractivity contribution in [1.29, 1.82) is 0 Å². The van der Waals surface area contributed by atoms with Crippen LogP contribution in [0.4, 0.5) is 0 Å². The summed E-state index contributed by atoms with van der Waals surface area (Å²) in [6, 6.07) is 13.5. The van der Waals surface area contributed by atoms with Crippen molar-refractivity contribution in [3.63, 3.8) is 0 Å². The molecule has 0 saturated carbocycles. The fourth-order valence-corrected chi connectivity index (χ4v) is 4.55. The molecule has 1 saturated heterocycles. The number of carbonyl (C=O) groups is 1. The lowest BCUT2D eigenvalue weighted by molar-refractivity contribution is 0.0117. The lowest BCUT2D eigenvalue weighted by Gasteiger charge is -2.33. The third-order valence-corrected chi connectivity index (χ3v) is 6.31. The highest BCUT2D eigenvalue weighted by Crippen LogP contribution is 2.27. The zero-order valence-corrected chi connectivity index (χ0v) is 18.6. The van der Waals surface area contributed by atoms with Crippen LogP contribution < -0.4 is 5.32 Å². The molecule has 8 heteroatoms. The van der Waals surface area contributed by atoms with Crippen LogP contribution in [0.5, 0.6) is 0 Å². The fourth-order valence-electron chi connectivity index (χ4n) is 3.63. The third kappa shape index (κ3) is 5.58. The fraction of sp³-hybridized carbons (Fsp3) is 0.391. The Morgan fingerprint density at radius 2 is 2.00 bits per heavy atom. The van der Waals surface area contributed by atoms with E-state index in [0.29, 0.717) is 31.1 Å². The molecule has 3 aromatic rings. The molecule has 7 nitrogen and oxygen atoms in total. The Balaban J connectivity index is 1.44. The number of carbonyl (C=O) groups excluding carboxylic acids is 1. The van der Waals surface area contributed by atoms with Crippen molar-refractivity contribution in [3.05, 3.63) is 71.0 Å². The maximum absolute atomic E-state index is 13.1. The molecule has 1 aliphatic heterocycles. The quantitative estimate of drug-likeness (QED) is 0.530. The van der Waals surface area contributed by atoms with Crippen LogP contribution in [0.3, 0.4) is 0 Å². The second-order valence-corrected chi connectivity index (χ2v) is 8.56. The largest absolute Gasteiger partial charge is 0.465 e. The van der Waals surface area contributed by atoms with Gasteiger partial charge in [0.2, 0.25) is 0 Å². The lowest BCUT2D eigenvalue weighted by Crippen LogP contribution is -2.43. The predicted molar refractivity (Wildman–Crippen MR) is 118 cm³/mol. The van der Waals surface area contributed by atoms with E-state index in [4.69, 9.17) is 13.7 Å². The van der Waals surface area contributed by atoms with E-state index in [1.807, 2.05) is 56.3 Å². The highest BCUT2D eigenvalue weighted by molar-refractivity contribution is 7.98. The van der Waals surface area contributed by atoms with Crippen LogP contribution in [0, 0.1) is 13.8 Å². The maximum Gasteiger partial charge on any atom is 0.252 e. The first kappa shape index (κ1) is 21.7. The van der Waals surface area contributed by atoms with Crippen molar-refractivity contribution < 1.29 is 18.5 Å². The molecule has 1 unspecified atom stereocenters. The number of furan rings is 1. The van der Waals surface area contributed by atoms with Crippen molar-refractivity contribution in [1.82, 2.24) is 15.4 Å². The van der Waals surface area contributed by atoms with Gasteiger partial charge in [0.05, 0.1) is 36.3 Å². The van der Waals surface area contributed by atoms with Gasteiger partial charge in [-0.1, -0.05) is 17.3 Å². The highest BCUT2D eigenvalue weighted by atomic mass is 32.2. The van der Waals surface area contributed by atoms with Gasteiger partial charge in [0.15, 0.2) is 0 Å². The van der Waals surface area contributed by atoms with E-state index in [1.165, 1.54) is 0 Å². The van der Waals surface area contributed by atoms with E-state index in [0.717, 1.165) is 41.0 Å². The summed E-state index contributed by atoms with van der Waals surface area (Å²) in [5, 5.41) is 7.04. The first-order valence-electron chi connectivity index (χ1n) is 10.4. The van der Waals surface area contributed by atoms with Gasteiger partial charge in [-0.25, -0.2) is 0 Å². The number of morpholine rings is 1. The van der Waals surface area contributed by atoms with Gasteiger partial charge in [-0.15, -0.1) is 11.8 Å². The number of aryl methyl sites for hydroxylation is 2. The van der Waals surface area contributed by atoms with Gasteiger partial charge in [0, 0.05) is 30.6 Å². The monoisotopic (exact) mass is 441 g/mol. The SMILES string of the molecule is Cc1cc(CSc2ccccc2C(=O)NCC(c2ccc(C)o2)N2CCOCC2)on1. The Morgan fingerprint density at radius 3 is 2.71 bits per heavy atom. The van der Waals surface area contributed by atoms with Crippen LogP contribution >= 0.6 is 11.8 Å². The number of hydrogen-bond acceptors (Lipinski definition) is 7. The third-order valence-electron chi connectivity index (χ3n) is 5.21. The highest BCUT2D eigenvalue weighted by Gasteiger charge is 2.26. The van der Waals surface area contributed by atoms with Gasteiger partial charge in [-0.05, 0) is 38.1 Å². The standard InChI is InChI=1S/C23H27N3O4S/c1-16-13-18(30-25-16)15-31-22-6-4-3-5-19(22)23(27)24-14-20(21-8-7-17(2)29-21)26-9-11-28-12-10-26/h3-8,13,20H,9-12,14-15H2,1-2H3,(H,24,27). The number of benzene rings is 1. The van der Waals surface area contributed by atoms with E-state index >= 15 is 0 Å². The van der Waals surface area contributed by atoms with Crippen molar-refractivity contribution in [2.24, 2.45) is 0 Å². The summed E-state index contributed by atoms with van der Waals surface area (Å²) in [4.78, 5) is 16.3. The number of amides is 1. The van der Waals surface area contributed by atoms with Crippen LogP contribution in [0.2, 0.25) is 0 Å². The summed E-state index contributed by atoms with van der Waals surface area (Å²) >= 11 is 1.56. The minimum absolute atomic E-state index is 0.0291. The molecule has 0 radical (unpaired) electrons. The summed E-state index contributed by atoms with van der Waals surface area (Å²) in [7, 11) is 0. The molecule has 31 heavy (non-hydrogen) atoms. The average molecular weight is 442 g/mol. The first-order valence-corrected chi connectivity index (χ1v) is 11.4. The summed E-state index contributed by atoms with van der Waals surface area (Å²) in [6.07, 6.45) is 0. The van der Waals surface area contributed by atoms with E-state index in [-0.39, 0.29) is 11.9 Å². The van der Waals surface area contributed by atoms with Gasteiger partial charge in [0.25, 0.3) is 5.91 Å². The predicted octanol–water partition coefficient (Wildman–Crippen LogP) is 3.98. The molecule has 1 fully saturated rings.